The summed E-state index contributed by atoms with van der Waals surface area (Å²) in [5, 5.41) is 0. The van der Waals surface area contributed by atoms with Crippen LogP contribution < -0.4 is 17.0 Å². The van der Waals surface area contributed by atoms with Crippen molar-refractivity contribution in [1.82, 2.24) is 0 Å². The highest BCUT2D eigenvalue weighted by Gasteiger charge is 2.20. The monoisotopic (exact) mass is 321 g/mol. The molecule has 1 unspecified atom stereocenters. The van der Waals surface area contributed by atoms with Crippen molar-refractivity contribution in [2.45, 2.75) is 84.1 Å². The largest absolute Gasteiger partial charge is 1.00 e. The van der Waals surface area contributed by atoms with E-state index in [4.69, 9.17) is 0 Å². The summed E-state index contributed by atoms with van der Waals surface area (Å²) in [5.41, 5.74) is 0. The van der Waals surface area contributed by atoms with Crippen LogP contribution in [-0.4, -0.2) is 31.7 Å². The number of hydrogen-bond donors (Lipinski definition) is 0. The second kappa shape index (κ2) is 12.5. The van der Waals surface area contributed by atoms with E-state index in [9.17, 15) is 0 Å². The Morgan fingerprint density at radius 3 is 1.56 bits per heavy atom. The van der Waals surface area contributed by atoms with Crippen molar-refractivity contribution in [3.05, 3.63) is 0 Å². The molecule has 0 aliphatic carbocycles. The number of hydrogen-bond acceptors (Lipinski definition) is 0. The Bertz CT molecular complexity index is 163. The predicted molar refractivity (Wildman–Crippen MR) is 79.3 cm³/mol. The van der Waals surface area contributed by atoms with E-state index in [2.05, 4.69) is 35.0 Å². The summed E-state index contributed by atoms with van der Waals surface area (Å²) in [5.74, 6) is 0. The van der Waals surface area contributed by atoms with E-state index >= 15 is 0 Å². The van der Waals surface area contributed by atoms with E-state index in [1.54, 1.807) is 0 Å². The number of unbranched alkanes of at least 4 members (excludes halogenated alkanes) is 7. The van der Waals surface area contributed by atoms with Crippen LogP contribution in [0.4, 0.5) is 0 Å². The van der Waals surface area contributed by atoms with Gasteiger partial charge >= 0.3 is 0 Å². The molecule has 0 aromatic heterocycles. The molecule has 0 aliphatic heterocycles. The molecule has 2 heteroatoms. The molecule has 0 amide bonds. The standard InChI is InChI=1S/C16H36N.BrH/c1-6-8-9-10-11-12-13-14-15-16(7-2)17(3,4)5;/h16H,6-15H2,1-5H3;1H/q+1;/p-1. The molecular formula is C16H36BrN. The fourth-order valence-electron chi connectivity index (χ4n) is 2.65. The van der Waals surface area contributed by atoms with Crippen LogP contribution in [0.15, 0.2) is 0 Å². The molecule has 0 saturated carbocycles. The lowest BCUT2D eigenvalue weighted by Crippen LogP contribution is -3.00. The molecule has 0 aliphatic rings. The lowest BCUT2D eigenvalue weighted by molar-refractivity contribution is -0.896. The normalized spacial score (nSPS) is 13.2. The fraction of sp³-hybridized carbons (Fsp3) is 1.00. The molecule has 0 rings (SSSR count). The molecule has 0 saturated heterocycles. The lowest BCUT2D eigenvalue weighted by Gasteiger charge is -2.33. The van der Waals surface area contributed by atoms with Gasteiger partial charge in [-0.3, -0.25) is 0 Å². The molecule has 0 fully saturated rings. The molecule has 0 aromatic rings. The summed E-state index contributed by atoms with van der Waals surface area (Å²) in [4.78, 5) is 0. The van der Waals surface area contributed by atoms with Gasteiger partial charge in [0.2, 0.25) is 0 Å². The third-order valence-corrected chi connectivity index (χ3v) is 3.96. The van der Waals surface area contributed by atoms with E-state index in [-0.39, 0.29) is 17.0 Å². The second-order valence-electron chi connectivity index (χ2n) is 6.44. The van der Waals surface area contributed by atoms with Crippen LogP contribution in [0, 0.1) is 0 Å². The third kappa shape index (κ3) is 11.5. The van der Waals surface area contributed by atoms with E-state index in [0.29, 0.717) is 0 Å². The summed E-state index contributed by atoms with van der Waals surface area (Å²) >= 11 is 0. The van der Waals surface area contributed by atoms with E-state index < -0.39 is 0 Å². The second-order valence-corrected chi connectivity index (χ2v) is 6.44. The average molecular weight is 322 g/mol. The maximum absolute atomic E-state index is 2.33. The smallest absolute Gasteiger partial charge is 0.0881 e. The molecule has 1 nitrogen and oxygen atoms in total. The quantitative estimate of drug-likeness (QED) is 0.403. The van der Waals surface area contributed by atoms with Crippen molar-refractivity contribution >= 4 is 0 Å². The van der Waals surface area contributed by atoms with Gasteiger partial charge in [0.15, 0.2) is 0 Å². The zero-order valence-electron chi connectivity index (χ0n) is 13.5. The summed E-state index contributed by atoms with van der Waals surface area (Å²) in [6.07, 6.45) is 14.2. The fourth-order valence-corrected chi connectivity index (χ4v) is 2.65. The molecule has 112 valence electrons. The van der Waals surface area contributed by atoms with Gasteiger partial charge in [0.25, 0.3) is 0 Å². The van der Waals surface area contributed by atoms with Crippen LogP contribution in [0.2, 0.25) is 0 Å². The number of nitrogens with zero attached hydrogens (tertiary/aromatic N) is 1. The Balaban J connectivity index is 0. The summed E-state index contributed by atoms with van der Waals surface area (Å²) in [7, 11) is 7.00. The van der Waals surface area contributed by atoms with Gasteiger partial charge in [0.05, 0.1) is 27.2 Å². The van der Waals surface area contributed by atoms with Crippen molar-refractivity contribution in [2.75, 3.05) is 21.1 Å². The first-order valence-corrected chi connectivity index (χ1v) is 7.83. The molecule has 0 radical (unpaired) electrons. The van der Waals surface area contributed by atoms with Gasteiger partial charge in [0.1, 0.15) is 0 Å². The van der Waals surface area contributed by atoms with Crippen molar-refractivity contribution < 1.29 is 21.5 Å². The Morgan fingerprint density at radius 1 is 0.722 bits per heavy atom. The first-order valence-electron chi connectivity index (χ1n) is 7.83. The van der Waals surface area contributed by atoms with Crippen LogP contribution in [0.25, 0.3) is 0 Å². The van der Waals surface area contributed by atoms with Gasteiger partial charge in [0, 0.05) is 0 Å². The first-order chi connectivity index (χ1) is 8.02. The van der Waals surface area contributed by atoms with Gasteiger partial charge in [-0.05, 0) is 19.3 Å². The van der Waals surface area contributed by atoms with Crippen molar-refractivity contribution in [3.8, 4) is 0 Å². The summed E-state index contributed by atoms with van der Waals surface area (Å²) in [6, 6.07) is 0.857. The number of halogens is 1. The predicted octanol–water partition coefficient (Wildman–Crippen LogP) is 2.01. The van der Waals surface area contributed by atoms with Gasteiger partial charge < -0.3 is 21.5 Å². The Kier molecular flexibility index (Phi) is 14.4. The molecule has 0 N–H and O–H groups in total. The first kappa shape index (κ1) is 20.8. The van der Waals surface area contributed by atoms with E-state index in [0.717, 1.165) is 10.5 Å². The number of rotatable bonds is 11. The van der Waals surface area contributed by atoms with Crippen LogP contribution >= 0.6 is 0 Å². The van der Waals surface area contributed by atoms with Gasteiger partial charge in [-0.15, -0.1) is 0 Å². The minimum atomic E-state index is 0. The highest BCUT2D eigenvalue weighted by molar-refractivity contribution is 4.56. The highest BCUT2D eigenvalue weighted by atomic mass is 79.9. The molecule has 0 bridgehead atoms. The SMILES string of the molecule is CCCCCCCCCCC(CC)[N+](C)(C)C.[Br-]. The van der Waals surface area contributed by atoms with Crippen LogP contribution in [0.1, 0.15) is 78.1 Å². The molecule has 0 spiro atoms. The Morgan fingerprint density at radius 2 is 1.17 bits per heavy atom. The molecule has 0 heterocycles. The van der Waals surface area contributed by atoms with Crippen LogP contribution in [0.3, 0.4) is 0 Å². The molecule has 18 heavy (non-hydrogen) atoms. The Labute approximate surface area is 127 Å². The molecular weight excluding hydrogens is 286 g/mol. The maximum Gasteiger partial charge on any atom is 0.0881 e. The molecule has 0 aromatic carbocycles. The average Bonchev–Trinajstić information content (AvgIpc) is 2.25. The number of quaternary nitrogens is 1. The van der Waals surface area contributed by atoms with Crippen molar-refractivity contribution in [1.29, 1.82) is 0 Å². The summed E-state index contributed by atoms with van der Waals surface area (Å²) < 4.78 is 1.13. The van der Waals surface area contributed by atoms with Crippen LogP contribution in [-0.2, 0) is 0 Å². The van der Waals surface area contributed by atoms with E-state index in [1.807, 2.05) is 0 Å². The van der Waals surface area contributed by atoms with Crippen molar-refractivity contribution in [2.24, 2.45) is 0 Å². The minimum Gasteiger partial charge on any atom is -1.00 e. The van der Waals surface area contributed by atoms with Crippen LogP contribution in [0.5, 0.6) is 0 Å². The van der Waals surface area contributed by atoms with Gasteiger partial charge in [-0.2, -0.15) is 0 Å². The zero-order valence-corrected chi connectivity index (χ0v) is 15.1. The van der Waals surface area contributed by atoms with E-state index in [1.165, 1.54) is 64.2 Å². The van der Waals surface area contributed by atoms with Gasteiger partial charge in [-0.1, -0.05) is 58.8 Å². The lowest BCUT2D eigenvalue weighted by atomic mass is 10.0. The minimum absolute atomic E-state index is 0. The zero-order chi connectivity index (χ0) is 13.1. The molecule has 1 atom stereocenters. The summed E-state index contributed by atoms with van der Waals surface area (Å²) in [6.45, 7) is 4.62. The van der Waals surface area contributed by atoms with Crippen molar-refractivity contribution in [3.63, 3.8) is 0 Å². The topological polar surface area (TPSA) is 0 Å². The highest BCUT2D eigenvalue weighted by Crippen LogP contribution is 2.16. The van der Waals surface area contributed by atoms with Gasteiger partial charge in [-0.25, -0.2) is 0 Å². The maximum atomic E-state index is 2.33. The third-order valence-electron chi connectivity index (χ3n) is 3.96. The Hall–Kier alpha value is 0.440.